The average molecular weight is 261 g/mol. The van der Waals surface area contributed by atoms with Crippen LogP contribution in [0.25, 0.3) is 11.0 Å². The van der Waals surface area contributed by atoms with Crippen molar-refractivity contribution in [3.8, 4) is 0 Å². The van der Waals surface area contributed by atoms with Crippen LogP contribution >= 0.6 is 0 Å². The molecule has 0 unspecified atom stereocenters. The van der Waals surface area contributed by atoms with Crippen molar-refractivity contribution in [1.29, 1.82) is 0 Å². The standard InChI is InChI=1S/C15H23N3O/c1-4-5-9-17(2)10-8-12-6-7-13-14(11-12)18(3)15(19)16-13/h6-7,11H,4-5,8-10H2,1-3H3,(H,16,19). The van der Waals surface area contributed by atoms with Gasteiger partial charge in [-0.15, -0.1) is 0 Å². The van der Waals surface area contributed by atoms with E-state index < -0.39 is 0 Å². The van der Waals surface area contributed by atoms with Gasteiger partial charge >= 0.3 is 5.69 Å². The van der Waals surface area contributed by atoms with Gasteiger partial charge in [-0.25, -0.2) is 4.79 Å². The Morgan fingerprint density at radius 1 is 1.32 bits per heavy atom. The van der Waals surface area contributed by atoms with E-state index in [1.54, 1.807) is 11.6 Å². The highest BCUT2D eigenvalue weighted by molar-refractivity contribution is 5.75. The van der Waals surface area contributed by atoms with Crippen molar-refractivity contribution in [3.63, 3.8) is 0 Å². The molecule has 4 nitrogen and oxygen atoms in total. The summed E-state index contributed by atoms with van der Waals surface area (Å²) in [6, 6.07) is 6.21. The molecule has 19 heavy (non-hydrogen) atoms. The summed E-state index contributed by atoms with van der Waals surface area (Å²) in [5, 5.41) is 0. The Morgan fingerprint density at radius 2 is 2.11 bits per heavy atom. The first-order valence-corrected chi connectivity index (χ1v) is 6.98. The van der Waals surface area contributed by atoms with Crippen LogP contribution in [0.15, 0.2) is 23.0 Å². The van der Waals surface area contributed by atoms with E-state index in [0.29, 0.717) is 0 Å². The fourth-order valence-corrected chi connectivity index (χ4v) is 2.28. The zero-order chi connectivity index (χ0) is 13.8. The molecule has 0 saturated carbocycles. The highest BCUT2D eigenvalue weighted by Crippen LogP contribution is 2.12. The topological polar surface area (TPSA) is 41.0 Å². The van der Waals surface area contributed by atoms with Gasteiger partial charge in [0.05, 0.1) is 11.0 Å². The van der Waals surface area contributed by atoms with Crippen LogP contribution in [0.1, 0.15) is 25.3 Å². The van der Waals surface area contributed by atoms with Gasteiger partial charge < -0.3 is 9.88 Å². The number of fused-ring (bicyclic) bond motifs is 1. The minimum absolute atomic E-state index is 0.0489. The second-order valence-electron chi connectivity index (χ2n) is 5.25. The highest BCUT2D eigenvalue weighted by atomic mass is 16.1. The van der Waals surface area contributed by atoms with Gasteiger partial charge in [0.2, 0.25) is 0 Å². The summed E-state index contributed by atoms with van der Waals surface area (Å²) < 4.78 is 1.67. The Morgan fingerprint density at radius 3 is 2.84 bits per heavy atom. The molecule has 1 aromatic carbocycles. The second-order valence-corrected chi connectivity index (χ2v) is 5.25. The molecule has 0 saturated heterocycles. The van der Waals surface area contributed by atoms with Crippen molar-refractivity contribution in [1.82, 2.24) is 14.5 Å². The molecule has 104 valence electrons. The average Bonchev–Trinajstić information content (AvgIpc) is 2.69. The van der Waals surface area contributed by atoms with Crippen LogP contribution in [-0.2, 0) is 13.5 Å². The Hall–Kier alpha value is -1.55. The summed E-state index contributed by atoms with van der Waals surface area (Å²) in [5.41, 5.74) is 3.13. The predicted octanol–water partition coefficient (Wildman–Crippen LogP) is 2.14. The molecule has 4 heteroatoms. The molecule has 0 aliphatic heterocycles. The van der Waals surface area contributed by atoms with Crippen molar-refractivity contribution in [2.45, 2.75) is 26.2 Å². The van der Waals surface area contributed by atoms with Crippen molar-refractivity contribution < 1.29 is 0 Å². The van der Waals surface area contributed by atoms with Crippen LogP contribution in [0.2, 0.25) is 0 Å². The summed E-state index contributed by atoms with van der Waals surface area (Å²) in [5.74, 6) is 0. The summed E-state index contributed by atoms with van der Waals surface area (Å²) in [6.45, 7) is 4.43. The quantitative estimate of drug-likeness (QED) is 0.865. The largest absolute Gasteiger partial charge is 0.326 e. The predicted molar refractivity (Wildman–Crippen MR) is 79.6 cm³/mol. The molecule has 2 rings (SSSR count). The number of rotatable bonds is 6. The van der Waals surface area contributed by atoms with Gasteiger partial charge in [-0.05, 0) is 44.1 Å². The number of aryl methyl sites for hydroxylation is 1. The van der Waals surface area contributed by atoms with Crippen molar-refractivity contribution >= 4 is 11.0 Å². The van der Waals surface area contributed by atoms with Gasteiger partial charge in [0.25, 0.3) is 0 Å². The van der Waals surface area contributed by atoms with Gasteiger partial charge in [0, 0.05) is 13.6 Å². The number of nitrogens with one attached hydrogen (secondary N) is 1. The molecule has 1 aromatic heterocycles. The maximum atomic E-state index is 11.5. The van der Waals surface area contributed by atoms with Crippen molar-refractivity contribution in [3.05, 3.63) is 34.2 Å². The molecule has 0 aliphatic rings. The lowest BCUT2D eigenvalue weighted by molar-refractivity contribution is 0.332. The van der Waals surface area contributed by atoms with Gasteiger partial charge in [-0.3, -0.25) is 4.57 Å². The maximum Gasteiger partial charge on any atom is 0.326 e. The van der Waals surface area contributed by atoms with Crippen LogP contribution in [-0.4, -0.2) is 34.6 Å². The first-order chi connectivity index (χ1) is 9.11. The molecular formula is C15H23N3O. The second kappa shape index (κ2) is 6.06. The molecule has 0 amide bonds. The Labute approximate surface area is 114 Å². The number of aromatic amines is 1. The zero-order valence-electron chi connectivity index (χ0n) is 12.1. The van der Waals surface area contributed by atoms with Gasteiger partial charge in [0.15, 0.2) is 0 Å². The lowest BCUT2D eigenvalue weighted by atomic mass is 10.1. The number of imidazole rings is 1. The minimum Gasteiger partial charge on any atom is -0.306 e. The smallest absolute Gasteiger partial charge is 0.306 e. The van der Waals surface area contributed by atoms with E-state index in [1.165, 1.54) is 18.4 Å². The van der Waals surface area contributed by atoms with Crippen LogP contribution in [0.3, 0.4) is 0 Å². The lowest BCUT2D eigenvalue weighted by Gasteiger charge is -2.15. The van der Waals surface area contributed by atoms with E-state index in [4.69, 9.17) is 0 Å². The molecule has 0 radical (unpaired) electrons. The zero-order valence-corrected chi connectivity index (χ0v) is 12.1. The molecule has 1 N–H and O–H groups in total. The number of H-pyrrole nitrogens is 1. The lowest BCUT2D eigenvalue weighted by Crippen LogP contribution is -2.22. The minimum atomic E-state index is -0.0489. The monoisotopic (exact) mass is 261 g/mol. The third kappa shape index (κ3) is 3.26. The molecule has 0 bridgehead atoms. The number of aromatic nitrogens is 2. The van der Waals surface area contributed by atoms with Crippen LogP contribution in [0.4, 0.5) is 0 Å². The first kappa shape index (κ1) is 13.9. The number of unbranched alkanes of at least 4 members (excludes halogenated alkanes) is 1. The fraction of sp³-hybridized carbons (Fsp3) is 0.533. The number of nitrogens with zero attached hydrogens (tertiary/aromatic N) is 2. The first-order valence-electron chi connectivity index (χ1n) is 6.98. The van der Waals surface area contributed by atoms with E-state index in [0.717, 1.165) is 30.5 Å². The normalized spacial score (nSPS) is 11.6. The van der Waals surface area contributed by atoms with Crippen LogP contribution in [0.5, 0.6) is 0 Å². The van der Waals surface area contributed by atoms with E-state index >= 15 is 0 Å². The van der Waals surface area contributed by atoms with Crippen molar-refractivity contribution in [2.75, 3.05) is 20.1 Å². The third-order valence-corrected chi connectivity index (χ3v) is 3.65. The summed E-state index contributed by atoms with van der Waals surface area (Å²) >= 11 is 0. The Kier molecular flexibility index (Phi) is 4.43. The molecule has 0 atom stereocenters. The Balaban J connectivity index is 2.05. The van der Waals surface area contributed by atoms with Gasteiger partial charge in [-0.1, -0.05) is 19.4 Å². The Bertz CT molecular complexity index is 597. The molecule has 0 fully saturated rings. The SMILES string of the molecule is CCCCN(C)CCc1ccc2[nH]c(=O)n(C)c2c1. The molecule has 0 aliphatic carbocycles. The molecule has 2 aromatic rings. The van der Waals surface area contributed by atoms with E-state index in [2.05, 4.69) is 36.0 Å². The van der Waals surface area contributed by atoms with Gasteiger partial charge in [-0.2, -0.15) is 0 Å². The number of hydrogen-bond donors (Lipinski definition) is 1. The van der Waals surface area contributed by atoms with Crippen molar-refractivity contribution in [2.24, 2.45) is 7.05 Å². The van der Waals surface area contributed by atoms with E-state index in [9.17, 15) is 4.79 Å². The summed E-state index contributed by atoms with van der Waals surface area (Å²) in [4.78, 5) is 16.7. The van der Waals surface area contributed by atoms with Crippen LogP contribution in [0, 0.1) is 0 Å². The number of hydrogen-bond acceptors (Lipinski definition) is 2. The summed E-state index contributed by atoms with van der Waals surface area (Å²) in [7, 11) is 3.97. The molecule has 1 heterocycles. The number of benzene rings is 1. The summed E-state index contributed by atoms with van der Waals surface area (Å²) in [6.07, 6.45) is 3.51. The van der Waals surface area contributed by atoms with E-state index in [-0.39, 0.29) is 5.69 Å². The molecular weight excluding hydrogens is 238 g/mol. The highest BCUT2D eigenvalue weighted by Gasteiger charge is 2.05. The van der Waals surface area contributed by atoms with Gasteiger partial charge in [0.1, 0.15) is 0 Å². The third-order valence-electron chi connectivity index (χ3n) is 3.65. The number of likely N-dealkylation sites (N-methyl/N-ethyl adjacent to an activating group) is 1. The fourth-order valence-electron chi connectivity index (χ4n) is 2.28. The molecule has 0 spiro atoms. The maximum absolute atomic E-state index is 11.5. The van der Waals surface area contributed by atoms with E-state index in [1.807, 2.05) is 6.07 Å². The van der Waals surface area contributed by atoms with Crippen LogP contribution < -0.4 is 5.69 Å².